The molecule has 0 aromatic heterocycles. The quantitative estimate of drug-likeness (QED) is 0.187. The first-order valence-electron chi connectivity index (χ1n) is 9.14. The summed E-state index contributed by atoms with van der Waals surface area (Å²) in [7, 11) is -4.62. The molecule has 0 aromatic rings. The second-order valence-corrected chi connectivity index (χ2v) is 19.5. The minimum atomic E-state index is -2.34. The summed E-state index contributed by atoms with van der Waals surface area (Å²) in [6.45, 7) is 18.6. The standard InChI is InChI=1S/C17H38O5Si3/c1-10-11-14-23(5,6)21-24(7,8)22-25(9,19-4)15-12-13-20-17(18)16(2)3/h2,10-15H2,1,3-9H3. The summed E-state index contributed by atoms with van der Waals surface area (Å²) in [4.78, 5) is 11.4. The molecule has 0 bridgehead atoms. The number of hydrogen-bond donors (Lipinski definition) is 0. The van der Waals surface area contributed by atoms with Crippen LogP contribution >= 0.6 is 0 Å². The maximum absolute atomic E-state index is 11.4. The molecule has 0 saturated heterocycles. The van der Waals surface area contributed by atoms with Gasteiger partial charge in [0, 0.05) is 12.7 Å². The van der Waals surface area contributed by atoms with Crippen LogP contribution in [-0.4, -0.2) is 45.1 Å². The zero-order valence-electron chi connectivity index (χ0n) is 17.5. The first kappa shape index (κ1) is 24.7. The van der Waals surface area contributed by atoms with Gasteiger partial charge >= 0.3 is 23.1 Å². The van der Waals surface area contributed by atoms with Crippen LogP contribution in [0.25, 0.3) is 0 Å². The van der Waals surface area contributed by atoms with E-state index in [1.54, 1.807) is 14.0 Å². The minimum absolute atomic E-state index is 0.344. The molecule has 25 heavy (non-hydrogen) atoms. The lowest BCUT2D eigenvalue weighted by Crippen LogP contribution is -2.54. The van der Waals surface area contributed by atoms with E-state index >= 15 is 0 Å². The van der Waals surface area contributed by atoms with E-state index in [-0.39, 0.29) is 5.97 Å². The molecule has 0 amide bonds. The van der Waals surface area contributed by atoms with Gasteiger partial charge in [0.2, 0.25) is 0 Å². The molecule has 0 heterocycles. The molecule has 1 atom stereocenters. The van der Waals surface area contributed by atoms with Gasteiger partial charge in [-0.15, -0.1) is 0 Å². The molecule has 0 spiro atoms. The molecule has 148 valence electrons. The molecule has 0 aliphatic carbocycles. The topological polar surface area (TPSA) is 54.0 Å². The lowest BCUT2D eigenvalue weighted by molar-refractivity contribution is -0.138. The van der Waals surface area contributed by atoms with Crippen molar-refractivity contribution in [2.75, 3.05) is 13.7 Å². The molecular formula is C17H38O5Si3. The van der Waals surface area contributed by atoms with E-state index in [9.17, 15) is 4.79 Å². The normalized spacial score (nSPS) is 14.9. The fourth-order valence-corrected chi connectivity index (χ4v) is 16.1. The number of esters is 1. The highest BCUT2D eigenvalue weighted by molar-refractivity contribution is 6.86. The Morgan fingerprint density at radius 2 is 1.60 bits per heavy atom. The van der Waals surface area contributed by atoms with Crippen LogP contribution in [0, 0.1) is 0 Å². The number of carbonyl (C=O) groups is 1. The highest BCUT2D eigenvalue weighted by Gasteiger charge is 2.42. The predicted octanol–water partition coefficient (Wildman–Crippen LogP) is 4.95. The molecular weight excluding hydrogens is 368 g/mol. The van der Waals surface area contributed by atoms with Gasteiger partial charge in [0.25, 0.3) is 0 Å². The van der Waals surface area contributed by atoms with E-state index in [2.05, 4.69) is 46.2 Å². The summed E-state index contributed by atoms with van der Waals surface area (Å²) in [6, 6.07) is 1.93. The zero-order valence-corrected chi connectivity index (χ0v) is 20.5. The Balaban J connectivity index is 4.59. The third-order valence-electron chi connectivity index (χ3n) is 3.90. The van der Waals surface area contributed by atoms with E-state index in [1.165, 1.54) is 12.8 Å². The van der Waals surface area contributed by atoms with Gasteiger partial charge in [-0.2, -0.15) is 0 Å². The van der Waals surface area contributed by atoms with E-state index in [0.717, 1.165) is 18.5 Å². The van der Waals surface area contributed by atoms with Crippen LogP contribution in [-0.2, 0) is 22.2 Å². The van der Waals surface area contributed by atoms with Crippen molar-refractivity contribution >= 4 is 31.4 Å². The summed E-state index contributed by atoms with van der Waals surface area (Å²) < 4.78 is 23.9. The molecule has 1 unspecified atom stereocenters. The molecule has 0 aromatic carbocycles. The van der Waals surface area contributed by atoms with Crippen LogP contribution in [0.15, 0.2) is 12.2 Å². The summed E-state index contributed by atoms with van der Waals surface area (Å²) in [6.07, 6.45) is 3.11. The van der Waals surface area contributed by atoms with Crippen molar-refractivity contribution in [3.05, 3.63) is 12.2 Å². The lowest BCUT2D eigenvalue weighted by Gasteiger charge is -2.39. The van der Waals surface area contributed by atoms with Crippen LogP contribution in [0.4, 0.5) is 0 Å². The monoisotopic (exact) mass is 406 g/mol. The van der Waals surface area contributed by atoms with Crippen molar-refractivity contribution < 1.29 is 22.2 Å². The lowest BCUT2D eigenvalue weighted by atomic mass is 10.4. The van der Waals surface area contributed by atoms with Gasteiger partial charge in [0.15, 0.2) is 8.32 Å². The van der Waals surface area contributed by atoms with Gasteiger partial charge in [0.1, 0.15) is 0 Å². The van der Waals surface area contributed by atoms with Crippen molar-refractivity contribution in [3.8, 4) is 0 Å². The number of unbranched alkanes of at least 4 members (excludes halogenated alkanes) is 1. The Labute approximate surface area is 157 Å². The maximum atomic E-state index is 11.4. The summed E-state index contributed by atoms with van der Waals surface area (Å²) in [5.41, 5.74) is 0.421. The van der Waals surface area contributed by atoms with Gasteiger partial charge in [-0.1, -0.05) is 26.3 Å². The largest absolute Gasteiger partial charge is 0.462 e. The van der Waals surface area contributed by atoms with Gasteiger partial charge < -0.3 is 17.4 Å². The van der Waals surface area contributed by atoms with E-state index in [4.69, 9.17) is 17.4 Å². The second kappa shape index (κ2) is 10.8. The molecule has 0 fully saturated rings. The summed E-state index contributed by atoms with van der Waals surface area (Å²) in [5, 5.41) is 0. The van der Waals surface area contributed by atoms with Gasteiger partial charge in [-0.05, 0) is 58.2 Å². The van der Waals surface area contributed by atoms with Crippen LogP contribution in [0.3, 0.4) is 0 Å². The molecule has 0 N–H and O–H groups in total. The third kappa shape index (κ3) is 11.1. The van der Waals surface area contributed by atoms with Crippen molar-refractivity contribution in [2.45, 2.75) is 77.9 Å². The highest BCUT2D eigenvalue weighted by atomic mass is 28.5. The fraction of sp³-hybridized carbons (Fsp3) is 0.824. The molecule has 0 aliphatic rings. The third-order valence-corrected chi connectivity index (χ3v) is 15.5. The fourth-order valence-electron chi connectivity index (χ4n) is 2.74. The first-order valence-corrected chi connectivity index (χ1v) is 17.6. The van der Waals surface area contributed by atoms with Crippen LogP contribution in [0.2, 0.25) is 44.8 Å². The average Bonchev–Trinajstić information content (AvgIpc) is 2.47. The Hall–Kier alpha value is -0.259. The van der Waals surface area contributed by atoms with Gasteiger partial charge in [-0.25, -0.2) is 4.79 Å². The van der Waals surface area contributed by atoms with E-state index in [1.807, 2.05) is 0 Å². The Morgan fingerprint density at radius 3 is 2.08 bits per heavy atom. The summed E-state index contributed by atoms with van der Waals surface area (Å²) in [5.74, 6) is -0.344. The predicted molar refractivity (Wildman–Crippen MR) is 111 cm³/mol. The molecule has 8 heteroatoms. The Bertz CT molecular complexity index is 440. The van der Waals surface area contributed by atoms with Gasteiger partial charge in [0.05, 0.1) is 6.61 Å². The van der Waals surface area contributed by atoms with Crippen molar-refractivity contribution in [3.63, 3.8) is 0 Å². The Morgan fingerprint density at radius 1 is 1.00 bits per heavy atom. The molecule has 5 nitrogen and oxygen atoms in total. The maximum Gasteiger partial charge on any atom is 0.333 e. The molecule has 0 radical (unpaired) electrons. The van der Waals surface area contributed by atoms with Crippen LogP contribution < -0.4 is 0 Å². The van der Waals surface area contributed by atoms with Crippen LogP contribution in [0.5, 0.6) is 0 Å². The van der Waals surface area contributed by atoms with Crippen LogP contribution in [0.1, 0.15) is 33.1 Å². The van der Waals surface area contributed by atoms with Crippen molar-refractivity contribution in [1.82, 2.24) is 0 Å². The van der Waals surface area contributed by atoms with Crippen molar-refractivity contribution in [1.29, 1.82) is 0 Å². The minimum Gasteiger partial charge on any atom is -0.462 e. The zero-order chi connectivity index (χ0) is 19.7. The van der Waals surface area contributed by atoms with Crippen molar-refractivity contribution in [2.24, 2.45) is 0 Å². The van der Waals surface area contributed by atoms with E-state index < -0.39 is 25.4 Å². The highest BCUT2D eigenvalue weighted by Crippen LogP contribution is 2.26. The number of carbonyl (C=O) groups excluding carboxylic acids is 1. The number of rotatable bonds is 13. The molecule has 0 saturated carbocycles. The average molecular weight is 407 g/mol. The van der Waals surface area contributed by atoms with E-state index in [0.29, 0.717) is 12.2 Å². The molecule has 0 rings (SSSR count). The SMILES string of the molecule is C=C(C)C(=O)OCCC[Si](C)(OC)O[Si](C)(C)O[Si](C)(C)CCCC. The Kier molecular flexibility index (Phi) is 10.7. The molecule has 0 aliphatic heterocycles. The summed E-state index contributed by atoms with van der Waals surface area (Å²) >= 11 is 0. The second-order valence-electron chi connectivity index (χ2n) is 7.82. The smallest absolute Gasteiger partial charge is 0.333 e. The number of hydrogen-bond acceptors (Lipinski definition) is 5. The number of ether oxygens (including phenoxy) is 1. The first-order chi connectivity index (χ1) is 11.4. The van der Waals surface area contributed by atoms with Gasteiger partial charge in [-0.3, -0.25) is 0 Å².